The van der Waals surface area contributed by atoms with E-state index < -0.39 is 6.04 Å². The van der Waals surface area contributed by atoms with Crippen molar-refractivity contribution in [2.24, 2.45) is 0 Å². The van der Waals surface area contributed by atoms with Gasteiger partial charge in [0.25, 0.3) is 0 Å². The van der Waals surface area contributed by atoms with E-state index in [9.17, 15) is 4.79 Å². The zero-order valence-corrected chi connectivity index (χ0v) is 10.3. The Morgan fingerprint density at radius 2 is 2.44 bits per heavy atom. The third kappa shape index (κ3) is 2.63. The molecule has 0 bridgehead atoms. The van der Waals surface area contributed by atoms with E-state index in [-0.39, 0.29) is 12.6 Å². The van der Waals surface area contributed by atoms with Gasteiger partial charge in [0.1, 0.15) is 0 Å². The maximum Gasteiger partial charge on any atom is 0.330 e. The molecule has 18 heavy (non-hydrogen) atoms. The molecule has 1 unspecified atom stereocenters. The number of hydrogen-bond acceptors (Lipinski definition) is 5. The number of nitrogens with zero attached hydrogens (tertiary/aromatic N) is 1. The van der Waals surface area contributed by atoms with Crippen molar-refractivity contribution in [1.29, 1.82) is 0 Å². The molecule has 1 saturated heterocycles. The van der Waals surface area contributed by atoms with Crippen molar-refractivity contribution in [2.45, 2.75) is 12.6 Å². The predicted molar refractivity (Wildman–Crippen MR) is 66.3 cm³/mol. The first-order valence-corrected chi connectivity index (χ1v) is 5.88. The fourth-order valence-corrected chi connectivity index (χ4v) is 2.08. The van der Waals surface area contributed by atoms with Gasteiger partial charge in [0, 0.05) is 12.2 Å². The topological polar surface area (TPSA) is 59.0 Å². The summed E-state index contributed by atoms with van der Waals surface area (Å²) in [5.41, 5.74) is 1.72. The Morgan fingerprint density at radius 1 is 1.61 bits per heavy atom. The number of esters is 1. The van der Waals surface area contributed by atoms with Gasteiger partial charge in [0.05, 0.1) is 26.9 Å². The molecule has 2 rings (SSSR count). The molecule has 1 N–H and O–H groups in total. The van der Waals surface area contributed by atoms with E-state index in [2.05, 4.69) is 0 Å². The lowest BCUT2D eigenvalue weighted by atomic mass is 10.1. The van der Waals surface area contributed by atoms with Crippen LogP contribution in [-0.2, 0) is 20.9 Å². The van der Waals surface area contributed by atoms with E-state index in [4.69, 9.17) is 14.6 Å². The monoisotopic (exact) mass is 251 g/mol. The van der Waals surface area contributed by atoms with Gasteiger partial charge in [-0.15, -0.1) is 0 Å². The van der Waals surface area contributed by atoms with Gasteiger partial charge in [-0.1, -0.05) is 12.1 Å². The number of aliphatic hydroxyl groups excluding tert-OH is 1. The van der Waals surface area contributed by atoms with Crippen LogP contribution in [0.4, 0.5) is 5.69 Å². The Labute approximate surface area is 106 Å². The van der Waals surface area contributed by atoms with Gasteiger partial charge in [0.15, 0.2) is 6.04 Å². The van der Waals surface area contributed by atoms with Crippen molar-refractivity contribution >= 4 is 11.7 Å². The van der Waals surface area contributed by atoms with Crippen molar-refractivity contribution in [1.82, 2.24) is 0 Å². The van der Waals surface area contributed by atoms with Gasteiger partial charge in [-0.2, -0.15) is 0 Å². The van der Waals surface area contributed by atoms with Crippen LogP contribution in [0, 0.1) is 0 Å². The van der Waals surface area contributed by atoms with E-state index in [1.54, 1.807) is 0 Å². The molecule has 0 aliphatic carbocycles. The maximum absolute atomic E-state index is 11.7. The Balaban J connectivity index is 2.24. The summed E-state index contributed by atoms with van der Waals surface area (Å²) in [4.78, 5) is 13.7. The fraction of sp³-hybridized carbons (Fsp3) is 0.462. The number of carbonyl (C=O) groups is 1. The number of aliphatic hydroxyl groups is 1. The lowest BCUT2D eigenvalue weighted by Crippen LogP contribution is -2.50. The Bertz CT molecular complexity index is 421. The third-order valence-electron chi connectivity index (χ3n) is 3.03. The summed E-state index contributed by atoms with van der Waals surface area (Å²) in [5, 5.41) is 9.15. The minimum Gasteiger partial charge on any atom is -0.467 e. The van der Waals surface area contributed by atoms with Crippen LogP contribution in [0.3, 0.4) is 0 Å². The van der Waals surface area contributed by atoms with Crippen LogP contribution in [0.25, 0.3) is 0 Å². The normalized spacial score (nSPS) is 19.7. The molecule has 0 saturated carbocycles. The number of benzene rings is 1. The number of morpholine rings is 1. The summed E-state index contributed by atoms with van der Waals surface area (Å²) in [6.07, 6.45) is 0. The van der Waals surface area contributed by atoms with E-state index in [1.807, 2.05) is 29.2 Å². The third-order valence-corrected chi connectivity index (χ3v) is 3.03. The van der Waals surface area contributed by atoms with Gasteiger partial charge in [-0.25, -0.2) is 4.79 Å². The van der Waals surface area contributed by atoms with Crippen molar-refractivity contribution in [3.8, 4) is 0 Å². The quantitative estimate of drug-likeness (QED) is 0.795. The summed E-state index contributed by atoms with van der Waals surface area (Å²) in [7, 11) is 1.37. The van der Waals surface area contributed by atoms with Crippen LogP contribution in [0.1, 0.15) is 5.56 Å². The molecule has 1 aliphatic rings. The first kappa shape index (κ1) is 12.9. The number of ether oxygens (including phenoxy) is 2. The molecule has 1 atom stereocenters. The average Bonchev–Trinajstić information content (AvgIpc) is 2.46. The highest BCUT2D eigenvalue weighted by Crippen LogP contribution is 2.21. The molecule has 5 heteroatoms. The molecule has 1 aliphatic heterocycles. The fourth-order valence-electron chi connectivity index (χ4n) is 2.08. The second-order valence-corrected chi connectivity index (χ2v) is 4.14. The second kappa shape index (κ2) is 5.84. The van der Waals surface area contributed by atoms with Crippen molar-refractivity contribution < 1.29 is 19.4 Å². The molecule has 1 aromatic carbocycles. The maximum atomic E-state index is 11.7. The van der Waals surface area contributed by atoms with Crippen LogP contribution in [0.2, 0.25) is 0 Å². The van der Waals surface area contributed by atoms with Gasteiger partial charge in [-0.05, 0) is 17.7 Å². The average molecular weight is 251 g/mol. The van der Waals surface area contributed by atoms with E-state index >= 15 is 0 Å². The zero-order valence-electron chi connectivity index (χ0n) is 10.3. The predicted octanol–water partition coefficient (Wildman–Crippen LogP) is 0.557. The standard InChI is InChI=1S/C13H17NO4/c1-17-13(16)12-9-18-6-5-14(12)11-4-2-3-10(7-11)8-15/h2-4,7,12,15H,5-6,8-9H2,1H3. The minimum atomic E-state index is -0.419. The summed E-state index contributed by atoms with van der Waals surface area (Å²) >= 11 is 0. The highest BCUT2D eigenvalue weighted by Gasteiger charge is 2.30. The number of methoxy groups -OCH3 is 1. The summed E-state index contributed by atoms with van der Waals surface area (Å²) in [6.45, 7) is 1.53. The molecule has 1 heterocycles. The largest absolute Gasteiger partial charge is 0.467 e. The van der Waals surface area contributed by atoms with E-state index in [0.29, 0.717) is 19.8 Å². The van der Waals surface area contributed by atoms with Gasteiger partial charge in [0.2, 0.25) is 0 Å². The molecular weight excluding hydrogens is 234 g/mol. The molecule has 1 aromatic rings. The summed E-state index contributed by atoms with van der Waals surface area (Å²) in [6, 6.07) is 7.08. The molecule has 0 radical (unpaired) electrons. The minimum absolute atomic E-state index is 0.0128. The SMILES string of the molecule is COC(=O)C1COCCN1c1cccc(CO)c1. The van der Waals surface area contributed by atoms with Crippen LogP contribution in [0.15, 0.2) is 24.3 Å². The number of carbonyl (C=O) groups excluding carboxylic acids is 1. The molecule has 0 amide bonds. The molecule has 98 valence electrons. The number of rotatable bonds is 3. The lowest BCUT2D eigenvalue weighted by Gasteiger charge is -2.35. The smallest absolute Gasteiger partial charge is 0.330 e. The highest BCUT2D eigenvalue weighted by atomic mass is 16.5. The molecule has 1 fully saturated rings. The molecular formula is C13H17NO4. The Hall–Kier alpha value is -1.59. The van der Waals surface area contributed by atoms with Gasteiger partial charge in [-0.3, -0.25) is 0 Å². The summed E-state index contributed by atoms with van der Waals surface area (Å²) in [5.74, 6) is -0.302. The summed E-state index contributed by atoms with van der Waals surface area (Å²) < 4.78 is 10.1. The lowest BCUT2D eigenvalue weighted by molar-refractivity contribution is -0.144. The van der Waals surface area contributed by atoms with Crippen molar-refractivity contribution in [3.63, 3.8) is 0 Å². The van der Waals surface area contributed by atoms with E-state index in [0.717, 1.165) is 11.3 Å². The van der Waals surface area contributed by atoms with Crippen LogP contribution in [-0.4, -0.2) is 44.0 Å². The number of hydrogen-bond donors (Lipinski definition) is 1. The van der Waals surface area contributed by atoms with E-state index in [1.165, 1.54) is 7.11 Å². The van der Waals surface area contributed by atoms with Crippen LogP contribution >= 0.6 is 0 Å². The van der Waals surface area contributed by atoms with Crippen molar-refractivity contribution in [3.05, 3.63) is 29.8 Å². The first-order chi connectivity index (χ1) is 8.76. The van der Waals surface area contributed by atoms with Crippen LogP contribution < -0.4 is 4.90 Å². The van der Waals surface area contributed by atoms with Crippen molar-refractivity contribution in [2.75, 3.05) is 31.8 Å². The zero-order chi connectivity index (χ0) is 13.0. The molecule has 5 nitrogen and oxygen atoms in total. The van der Waals surface area contributed by atoms with Gasteiger partial charge < -0.3 is 19.5 Å². The molecule has 0 spiro atoms. The Kier molecular flexibility index (Phi) is 4.17. The number of anilines is 1. The highest BCUT2D eigenvalue weighted by molar-refractivity contribution is 5.80. The Morgan fingerprint density at radius 3 is 3.17 bits per heavy atom. The van der Waals surface area contributed by atoms with Crippen LogP contribution in [0.5, 0.6) is 0 Å². The second-order valence-electron chi connectivity index (χ2n) is 4.14. The van der Waals surface area contributed by atoms with Gasteiger partial charge >= 0.3 is 5.97 Å². The molecule has 0 aromatic heterocycles. The first-order valence-electron chi connectivity index (χ1n) is 5.88.